The summed E-state index contributed by atoms with van der Waals surface area (Å²) in [5.74, 6) is -0.218. The van der Waals surface area contributed by atoms with Gasteiger partial charge in [0.2, 0.25) is 0 Å². The van der Waals surface area contributed by atoms with Gasteiger partial charge in [-0.25, -0.2) is 4.98 Å². The molecule has 0 atom stereocenters. The van der Waals surface area contributed by atoms with E-state index in [1.807, 2.05) is 26.8 Å². The second kappa shape index (κ2) is 5.26. The van der Waals surface area contributed by atoms with Crippen molar-refractivity contribution in [3.8, 4) is 11.4 Å². The number of aryl methyl sites for hydroxylation is 3. The van der Waals surface area contributed by atoms with Crippen LogP contribution in [0.4, 0.5) is 5.82 Å². The van der Waals surface area contributed by atoms with Crippen molar-refractivity contribution in [3.05, 3.63) is 46.1 Å². The number of pyridine rings is 1. The molecular formula is C18H20N4O2. The molecule has 2 heterocycles. The number of phenols is 1. The Hall–Kier alpha value is -3.02. The number of fused-ring (bicyclic) bond motifs is 1. The highest BCUT2D eigenvalue weighted by Gasteiger charge is 2.24. The summed E-state index contributed by atoms with van der Waals surface area (Å²) in [4.78, 5) is 16.6. The molecule has 5 N–H and O–H groups in total. The number of hydrogen-bond acceptors (Lipinski definition) is 4. The molecule has 0 aliphatic rings. The topological polar surface area (TPSA) is 107 Å². The van der Waals surface area contributed by atoms with Crippen LogP contribution >= 0.6 is 0 Å². The molecule has 6 nitrogen and oxygen atoms in total. The Labute approximate surface area is 139 Å². The van der Waals surface area contributed by atoms with Gasteiger partial charge in [-0.15, -0.1) is 0 Å². The van der Waals surface area contributed by atoms with Crippen LogP contribution in [0.2, 0.25) is 0 Å². The molecule has 24 heavy (non-hydrogen) atoms. The van der Waals surface area contributed by atoms with Crippen LogP contribution in [0.1, 0.15) is 32.7 Å². The number of amides is 1. The second-order valence-corrected chi connectivity index (χ2v) is 6.10. The number of carbonyl (C=O) groups is 1. The smallest absolute Gasteiger partial charge is 0.253 e. The molecule has 1 aromatic carbocycles. The number of hydrogen-bond donors (Lipinski definition) is 3. The number of phenolic OH excluding ortho intramolecular Hbond substituents is 1. The van der Waals surface area contributed by atoms with Crippen LogP contribution < -0.4 is 11.5 Å². The van der Waals surface area contributed by atoms with E-state index >= 15 is 0 Å². The van der Waals surface area contributed by atoms with E-state index in [9.17, 15) is 9.90 Å². The van der Waals surface area contributed by atoms with Gasteiger partial charge in [-0.3, -0.25) is 9.36 Å². The first-order valence-corrected chi connectivity index (χ1v) is 7.61. The lowest BCUT2D eigenvalue weighted by Crippen LogP contribution is -2.14. The monoisotopic (exact) mass is 324 g/mol. The minimum atomic E-state index is -0.600. The van der Waals surface area contributed by atoms with Gasteiger partial charge in [0.25, 0.3) is 5.91 Å². The molecule has 0 aliphatic carbocycles. The number of aromatic nitrogens is 2. The molecule has 0 fully saturated rings. The number of nitrogens with two attached hydrogens (primary N) is 2. The van der Waals surface area contributed by atoms with Crippen molar-refractivity contribution in [1.29, 1.82) is 0 Å². The van der Waals surface area contributed by atoms with E-state index in [2.05, 4.69) is 4.98 Å². The number of rotatable bonds is 2. The van der Waals surface area contributed by atoms with E-state index in [1.54, 1.807) is 23.6 Å². The Balaban J connectivity index is 2.55. The Bertz CT molecular complexity index is 1000. The fourth-order valence-corrected chi connectivity index (χ4v) is 3.07. The predicted molar refractivity (Wildman–Crippen MR) is 94.6 cm³/mol. The van der Waals surface area contributed by atoms with Crippen LogP contribution in [0.25, 0.3) is 16.7 Å². The van der Waals surface area contributed by atoms with Crippen LogP contribution in [0.5, 0.6) is 5.75 Å². The van der Waals surface area contributed by atoms with Gasteiger partial charge in [0.05, 0.1) is 11.3 Å². The summed E-state index contributed by atoms with van der Waals surface area (Å²) in [7, 11) is 0. The maximum Gasteiger partial charge on any atom is 0.253 e. The predicted octanol–water partition coefficient (Wildman–Crippen LogP) is 2.65. The Morgan fingerprint density at radius 3 is 2.46 bits per heavy atom. The molecule has 6 heteroatoms. The summed E-state index contributed by atoms with van der Waals surface area (Å²) in [5, 5.41) is 10.7. The summed E-state index contributed by atoms with van der Waals surface area (Å²) < 4.78 is 1.70. The van der Waals surface area contributed by atoms with Gasteiger partial charge in [0, 0.05) is 16.6 Å². The van der Waals surface area contributed by atoms with E-state index in [-0.39, 0.29) is 17.1 Å². The summed E-state index contributed by atoms with van der Waals surface area (Å²) in [5.41, 5.74) is 16.7. The maximum atomic E-state index is 12.0. The van der Waals surface area contributed by atoms with Gasteiger partial charge in [-0.2, -0.15) is 0 Å². The van der Waals surface area contributed by atoms with E-state index in [0.29, 0.717) is 22.3 Å². The molecule has 0 aliphatic heterocycles. The van der Waals surface area contributed by atoms with Gasteiger partial charge < -0.3 is 16.6 Å². The van der Waals surface area contributed by atoms with Crippen molar-refractivity contribution in [2.75, 3.05) is 5.73 Å². The minimum absolute atomic E-state index is 0.154. The van der Waals surface area contributed by atoms with Gasteiger partial charge >= 0.3 is 0 Å². The lowest BCUT2D eigenvalue weighted by atomic mass is 10.1. The largest absolute Gasteiger partial charge is 0.508 e. The van der Waals surface area contributed by atoms with Gasteiger partial charge in [-0.05, 0) is 51.0 Å². The summed E-state index contributed by atoms with van der Waals surface area (Å²) in [6.45, 7) is 7.53. The minimum Gasteiger partial charge on any atom is -0.508 e. The first kappa shape index (κ1) is 15.9. The van der Waals surface area contributed by atoms with Gasteiger partial charge in [-0.1, -0.05) is 6.07 Å². The SMILES string of the molecule is Cc1cc2c(C(N)=O)c(N)n(-c3c(C)ccc(O)c3C)c2nc1C. The molecule has 0 bridgehead atoms. The Kier molecular flexibility index (Phi) is 3.48. The quantitative estimate of drug-likeness (QED) is 0.673. The maximum absolute atomic E-state index is 12.0. The molecule has 3 rings (SSSR count). The lowest BCUT2D eigenvalue weighted by Gasteiger charge is -2.15. The normalized spacial score (nSPS) is 11.2. The molecular weight excluding hydrogens is 304 g/mol. The van der Waals surface area contributed by atoms with E-state index in [0.717, 1.165) is 16.8 Å². The number of primary amides is 1. The van der Waals surface area contributed by atoms with E-state index in [4.69, 9.17) is 11.5 Å². The van der Waals surface area contributed by atoms with Crippen molar-refractivity contribution >= 4 is 22.8 Å². The highest BCUT2D eigenvalue weighted by Crippen LogP contribution is 2.36. The molecule has 124 valence electrons. The van der Waals surface area contributed by atoms with E-state index in [1.165, 1.54) is 0 Å². The fraction of sp³-hybridized carbons (Fsp3) is 0.222. The number of benzene rings is 1. The van der Waals surface area contributed by atoms with Crippen molar-refractivity contribution in [3.63, 3.8) is 0 Å². The van der Waals surface area contributed by atoms with Crippen LogP contribution in [0.15, 0.2) is 18.2 Å². The van der Waals surface area contributed by atoms with Crippen LogP contribution in [0, 0.1) is 27.7 Å². The van der Waals surface area contributed by atoms with Crippen molar-refractivity contribution in [2.24, 2.45) is 5.73 Å². The molecule has 3 aromatic rings. The standard InChI is InChI=1S/C18H20N4O2/c1-8-5-6-13(23)10(3)15(8)22-16(19)14(17(20)24)12-7-9(2)11(4)21-18(12)22/h5-7,23H,19H2,1-4H3,(H2,20,24). The molecule has 0 unspecified atom stereocenters. The lowest BCUT2D eigenvalue weighted by molar-refractivity contribution is 0.100. The van der Waals surface area contributed by atoms with E-state index < -0.39 is 5.91 Å². The van der Waals surface area contributed by atoms with Crippen molar-refractivity contribution in [2.45, 2.75) is 27.7 Å². The van der Waals surface area contributed by atoms with Crippen LogP contribution in [-0.4, -0.2) is 20.6 Å². The number of nitrogen functional groups attached to an aromatic ring is 1. The highest BCUT2D eigenvalue weighted by atomic mass is 16.3. The third-order valence-corrected chi connectivity index (χ3v) is 4.50. The Morgan fingerprint density at radius 1 is 1.17 bits per heavy atom. The average Bonchev–Trinajstić information content (AvgIpc) is 2.77. The summed E-state index contributed by atoms with van der Waals surface area (Å²) in [6.07, 6.45) is 0. The summed E-state index contributed by atoms with van der Waals surface area (Å²) >= 11 is 0. The number of carbonyl (C=O) groups excluding carboxylic acids is 1. The third-order valence-electron chi connectivity index (χ3n) is 4.50. The number of anilines is 1. The van der Waals surface area contributed by atoms with Crippen LogP contribution in [0.3, 0.4) is 0 Å². The highest BCUT2D eigenvalue weighted by molar-refractivity contribution is 6.11. The molecule has 0 saturated heterocycles. The molecule has 0 spiro atoms. The zero-order chi connectivity index (χ0) is 17.8. The molecule has 2 aromatic heterocycles. The number of aromatic hydroxyl groups is 1. The average molecular weight is 324 g/mol. The van der Waals surface area contributed by atoms with Gasteiger partial charge in [0.15, 0.2) is 0 Å². The molecule has 0 saturated carbocycles. The second-order valence-electron chi connectivity index (χ2n) is 6.10. The first-order chi connectivity index (χ1) is 11.2. The molecule has 0 radical (unpaired) electrons. The third kappa shape index (κ3) is 2.11. The number of nitrogens with zero attached hydrogens (tertiary/aromatic N) is 2. The Morgan fingerprint density at radius 2 is 1.83 bits per heavy atom. The zero-order valence-corrected chi connectivity index (χ0v) is 14.1. The van der Waals surface area contributed by atoms with Crippen molar-refractivity contribution < 1.29 is 9.90 Å². The zero-order valence-electron chi connectivity index (χ0n) is 14.1. The van der Waals surface area contributed by atoms with Gasteiger partial charge in [0.1, 0.15) is 17.2 Å². The first-order valence-electron chi connectivity index (χ1n) is 7.61. The van der Waals surface area contributed by atoms with Crippen LogP contribution in [-0.2, 0) is 0 Å². The fourth-order valence-electron chi connectivity index (χ4n) is 3.07. The molecule has 1 amide bonds. The summed E-state index contributed by atoms with van der Waals surface area (Å²) in [6, 6.07) is 5.31. The van der Waals surface area contributed by atoms with Crippen molar-refractivity contribution in [1.82, 2.24) is 9.55 Å².